The number of thiocarbonyl (C=S) groups is 1. The van der Waals surface area contributed by atoms with Gasteiger partial charge in [-0.2, -0.15) is 0 Å². The van der Waals surface area contributed by atoms with E-state index in [0.29, 0.717) is 5.11 Å². The summed E-state index contributed by atoms with van der Waals surface area (Å²) in [5, 5.41) is 7.13. The molecular formula is C12H17BrN2S. The number of rotatable bonds is 4. The Morgan fingerprint density at radius 2 is 2.25 bits per heavy atom. The molecule has 0 saturated carbocycles. The van der Waals surface area contributed by atoms with E-state index in [2.05, 4.69) is 52.5 Å². The van der Waals surface area contributed by atoms with Crippen LogP contribution in [0, 0.1) is 0 Å². The van der Waals surface area contributed by atoms with Crippen LogP contribution in [0.4, 0.5) is 0 Å². The van der Waals surface area contributed by atoms with Crippen LogP contribution in [0.15, 0.2) is 28.7 Å². The Hall–Kier alpha value is -0.610. The van der Waals surface area contributed by atoms with Crippen molar-refractivity contribution < 1.29 is 0 Å². The van der Waals surface area contributed by atoms with E-state index in [0.717, 1.165) is 17.4 Å². The van der Waals surface area contributed by atoms with Crippen LogP contribution in [0.3, 0.4) is 0 Å². The fraction of sp³-hybridized carbons (Fsp3) is 0.417. The second-order valence-corrected chi connectivity index (χ2v) is 5.00. The molecule has 2 nitrogen and oxygen atoms in total. The molecule has 88 valence electrons. The highest BCUT2D eigenvalue weighted by molar-refractivity contribution is 9.10. The molecule has 4 heteroatoms. The third-order valence-electron chi connectivity index (χ3n) is 2.23. The van der Waals surface area contributed by atoms with E-state index in [-0.39, 0.29) is 6.04 Å². The highest BCUT2D eigenvalue weighted by Gasteiger charge is 2.06. The van der Waals surface area contributed by atoms with E-state index < -0.39 is 0 Å². The summed E-state index contributed by atoms with van der Waals surface area (Å²) in [5.41, 5.74) is 1.22. The summed E-state index contributed by atoms with van der Waals surface area (Å²) in [6.07, 6.45) is 1.08. The standard InChI is InChI=1S/C12H17BrN2S/c1-3-7-14-12(16)15-9(2)10-5-4-6-11(13)8-10/h4-6,8-9H,3,7H2,1-2H3,(H2,14,15,16). The quantitative estimate of drug-likeness (QED) is 0.834. The molecule has 16 heavy (non-hydrogen) atoms. The van der Waals surface area contributed by atoms with Crippen LogP contribution in [-0.2, 0) is 0 Å². The van der Waals surface area contributed by atoms with Gasteiger partial charge in [-0.15, -0.1) is 0 Å². The van der Waals surface area contributed by atoms with Gasteiger partial charge < -0.3 is 10.6 Å². The third-order valence-corrected chi connectivity index (χ3v) is 2.99. The largest absolute Gasteiger partial charge is 0.363 e. The predicted octanol–water partition coefficient (Wildman–Crippen LogP) is 3.38. The minimum Gasteiger partial charge on any atom is -0.363 e. The van der Waals surface area contributed by atoms with Crippen molar-refractivity contribution in [3.8, 4) is 0 Å². The molecule has 0 spiro atoms. The van der Waals surface area contributed by atoms with Gasteiger partial charge >= 0.3 is 0 Å². The van der Waals surface area contributed by atoms with Crippen LogP contribution in [-0.4, -0.2) is 11.7 Å². The van der Waals surface area contributed by atoms with Crippen LogP contribution in [0.1, 0.15) is 31.9 Å². The molecule has 0 fully saturated rings. The molecule has 1 aromatic carbocycles. The van der Waals surface area contributed by atoms with Gasteiger partial charge in [0.1, 0.15) is 0 Å². The van der Waals surface area contributed by atoms with Crippen molar-refractivity contribution in [3.63, 3.8) is 0 Å². The lowest BCUT2D eigenvalue weighted by molar-refractivity contribution is 0.694. The van der Waals surface area contributed by atoms with Crippen LogP contribution < -0.4 is 10.6 Å². The van der Waals surface area contributed by atoms with E-state index >= 15 is 0 Å². The molecule has 0 amide bonds. The normalized spacial score (nSPS) is 11.9. The number of nitrogens with one attached hydrogen (secondary N) is 2. The van der Waals surface area contributed by atoms with E-state index in [4.69, 9.17) is 12.2 Å². The average molecular weight is 301 g/mol. The van der Waals surface area contributed by atoms with Crippen LogP contribution >= 0.6 is 28.1 Å². The molecule has 1 unspecified atom stereocenters. The van der Waals surface area contributed by atoms with Gasteiger partial charge in [0, 0.05) is 11.0 Å². The lowest BCUT2D eigenvalue weighted by Crippen LogP contribution is -2.37. The zero-order chi connectivity index (χ0) is 12.0. The highest BCUT2D eigenvalue weighted by atomic mass is 79.9. The van der Waals surface area contributed by atoms with Crippen molar-refractivity contribution in [2.45, 2.75) is 26.3 Å². The van der Waals surface area contributed by atoms with Gasteiger partial charge in [-0.3, -0.25) is 0 Å². The molecule has 2 N–H and O–H groups in total. The molecular weight excluding hydrogens is 284 g/mol. The predicted molar refractivity (Wildman–Crippen MR) is 76.6 cm³/mol. The fourth-order valence-electron chi connectivity index (χ4n) is 1.35. The molecule has 0 aromatic heterocycles. The van der Waals surface area contributed by atoms with Gasteiger partial charge in [-0.25, -0.2) is 0 Å². The Bertz CT molecular complexity index is 355. The zero-order valence-corrected chi connectivity index (χ0v) is 12.0. The SMILES string of the molecule is CCCNC(=S)NC(C)c1cccc(Br)c1. The first kappa shape index (κ1) is 13.5. The first-order valence-corrected chi connectivity index (χ1v) is 6.63. The lowest BCUT2D eigenvalue weighted by Gasteiger charge is -2.17. The molecule has 0 aliphatic heterocycles. The Labute approximate surface area is 111 Å². The van der Waals surface area contributed by atoms with Crippen LogP contribution in [0.25, 0.3) is 0 Å². The molecule has 0 aliphatic carbocycles. The van der Waals surface area contributed by atoms with Crippen molar-refractivity contribution in [3.05, 3.63) is 34.3 Å². The first-order valence-electron chi connectivity index (χ1n) is 5.43. The van der Waals surface area contributed by atoms with E-state index in [1.165, 1.54) is 5.56 Å². The summed E-state index contributed by atoms with van der Waals surface area (Å²) in [4.78, 5) is 0. The number of benzene rings is 1. The second kappa shape index (κ2) is 6.86. The van der Waals surface area contributed by atoms with Gasteiger partial charge in [-0.1, -0.05) is 35.0 Å². The minimum absolute atomic E-state index is 0.217. The first-order chi connectivity index (χ1) is 7.63. The summed E-state index contributed by atoms with van der Waals surface area (Å²) in [6.45, 7) is 5.13. The Morgan fingerprint density at radius 1 is 1.50 bits per heavy atom. The molecule has 1 atom stereocenters. The lowest BCUT2D eigenvalue weighted by atomic mass is 10.1. The summed E-state index contributed by atoms with van der Waals surface area (Å²) < 4.78 is 1.09. The molecule has 0 heterocycles. The molecule has 1 rings (SSSR count). The number of hydrogen-bond acceptors (Lipinski definition) is 1. The maximum Gasteiger partial charge on any atom is 0.166 e. The highest BCUT2D eigenvalue weighted by Crippen LogP contribution is 2.17. The molecule has 0 bridgehead atoms. The third kappa shape index (κ3) is 4.49. The van der Waals surface area contributed by atoms with Gasteiger partial charge in [0.05, 0.1) is 6.04 Å². The maximum absolute atomic E-state index is 5.19. The zero-order valence-electron chi connectivity index (χ0n) is 9.59. The Morgan fingerprint density at radius 3 is 2.88 bits per heavy atom. The van der Waals surface area contributed by atoms with Gasteiger partial charge in [-0.05, 0) is 43.3 Å². The smallest absolute Gasteiger partial charge is 0.166 e. The van der Waals surface area contributed by atoms with E-state index in [1.807, 2.05) is 12.1 Å². The van der Waals surface area contributed by atoms with Gasteiger partial charge in [0.15, 0.2) is 5.11 Å². The van der Waals surface area contributed by atoms with Crippen molar-refractivity contribution in [2.24, 2.45) is 0 Å². The van der Waals surface area contributed by atoms with E-state index in [9.17, 15) is 0 Å². The van der Waals surface area contributed by atoms with Crippen molar-refractivity contribution in [2.75, 3.05) is 6.54 Å². The fourth-order valence-corrected chi connectivity index (χ4v) is 2.04. The van der Waals surface area contributed by atoms with E-state index in [1.54, 1.807) is 0 Å². The summed E-state index contributed by atoms with van der Waals surface area (Å²) in [6, 6.07) is 8.45. The number of hydrogen-bond donors (Lipinski definition) is 2. The molecule has 1 aromatic rings. The van der Waals surface area contributed by atoms with Crippen molar-refractivity contribution in [1.82, 2.24) is 10.6 Å². The molecule has 0 aliphatic rings. The molecule has 0 saturated heterocycles. The molecule has 0 radical (unpaired) electrons. The minimum atomic E-state index is 0.217. The summed E-state index contributed by atoms with van der Waals surface area (Å²) in [7, 11) is 0. The summed E-state index contributed by atoms with van der Waals surface area (Å²) >= 11 is 8.66. The topological polar surface area (TPSA) is 24.1 Å². The Kier molecular flexibility index (Phi) is 5.77. The van der Waals surface area contributed by atoms with Crippen LogP contribution in [0.2, 0.25) is 0 Å². The monoisotopic (exact) mass is 300 g/mol. The van der Waals surface area contributed by atoms with Crippen LogP contribution in [0.5, 0.6) is 0 Å². The van der Waals surface area contributed by atoms with Crippen molar-refractivity contribution >= 4 is 33.3 Å². The van der Waals surface area contributed by atoms with Gasteiger partial charge in [0.2, 0.25) is 0 Å². The second-order valence-electron chi connectivity index (χ2n) is 3.68. The average Bonchev–Trinajstić information content (AvgIpc) is 2.26. The Balaban J connectivity index is 2.52. The van der Waals surface area contributed by atoms with Crippen molar-refractivity contribution in [1.29, 1.82) is 0 Å². The number of halogens is 1. The maximum atomic E-state index is 5.19. The summed E-state index contributed by atoms with van der Waals surface area (Å²) in [5.74, 6) is 0. The van der Waals surface area contributed by atoms with Gasteiger partial charge in [0.25, 0.3) is 0 Å².